The van der Waals surface area contributed by atoms with Gasteiger partial charge in [0.15, 0.2) is 5.69 Å². The molecular formula is C20H22FN3O3. The van der Waals surface area contributed by atoms with E-state index in [1.54, 1.807) is 27.8 Å². The van der Waals surface area contributed by atoms with Gasteiger partial charge < -0.3 is 10.0 Å². The second kappa shape index (κ2) is 6.79. The summed E-state index contributed by atoms with van der Waals surface area (Å²) in [6.07, 6.45) is 2.95. The number of rotatable bonds is 3. The molecule has 1 aromatic carbocycles. The third-order valence-electron chi connectivity index (χ3n) is 5.51. The number of carbonyl (C=O) groups excluding carboxylic acids is 1. The Morgan fingerprint density at radius 1 is 1.22 bits per heavy atom. The number of likely N-dealkylation sites (tertiary alicyclic amines) is 1. The van der Waals surface area contributed by atoms with Gasteiger partial charge in [-0.15, -0.1) is 0 Å². The molecule has 1 fully saturated rings. The molecular weight excluding hydrogens is 349 g/mol. The molecule has 2 atom stereocenters. The van der Waals surface area contributed by atoms with Gasteiger partial charge >= 0.3 is 5.97 Å². The van der Waals surface area contributed by atoms with Gasteiger partial charge in [-0.2, -0.15) is 5.10 Å². The average Bonchev–Trinajstić information content (AvgIpc) is 3.24. The Balaban J connectivity index is 1.70. The number of piperidine rings is 1. The number of aliphatic carboxylic acids is 1. The predicted octanol–water partition coefficient (Wildman–Crippen LogP) is 2.68. The summed E-state index contributed by atoms with van der Waals surface area (Å²) >= 11 is 0. The summed E-state index contributed by atoms with van der Waals surface area (Å²) in [4.78, 5) is 26.2. The lowest BCUT2D eigenvalue weighted by molar-refractivity contribution is -0.143. The smallest absolute Gasteiger partial charge is 0.308 e. The first-order chi connectivity index (χ1) is 13.0. The number of nitrogens with zero attached hydrogens (tertiary/aromatic N) is 3. The summed E-state index contributed by atoms with van der Waals surface area (Å²) in [6.45, 7) is 2.67. The Labute approximate surface area is 156 Å². The van der Waals surface area contributed by atoms with Crippen molar-refractivity contribution in [1.29, 1.82) is 0 Å². The van der Waals surface area contributed by atoms with Crippen LogP contribution in [0.15, 0.2) is 24.3 Å². The molecule has 2 unspecified atom stereocenters. The number of para-hydroxylation sites is 1. The lowest BCUT2D eigenvalue weighted by Gasteiger charge is -2.34. The highest BCUT2D eigenvalue weighted by Gasteiger charge is 2.35. The SMILES string of the molecule is CC1CC(C(=O)O)CN(C(=O)c2nn(-c3ccccc3F)c3c2CCC3)C1. The van der Waals surface area contributed by atoms with Crippen LogP contribution >= 0.6 is 0 Å². The van der Waals surface area contributed by atoms with Crippen LogP contribution < -0.4 is 0 Å². The van der Waals surface area contributed by atoms with E-state index in [9.17, 15) is 19.1 Å². The number of halogens is 1. The first kappa shape index (κ1) is 17.7. The lowest BCUT2D eigenvalue weighted by atomic mass is 9.90. The standard InChI is InChI=1S/C20H22FN3O3/c1-12-9-13(20(26)27)11-23(10-12)19(25)18-14-5-4-8-16(14)24(22-18)17-7-3-2-6-15(17)21/h2-3,6-7,12-13H,4-5,8-11H2,1H3,(H,26,27). The minimum absolute atomic E-state index is 0.116. The number of carboxylic acid groups (broad SMARTS) is 1. The number of hydrogen-bond acceptors (Lipinski definition) is 3. The largest absolute Gasteiger partial charge is 0.481 e. The van der Waals surface area contributed by atoms with Gasteiger partial charge in [0.05, 0.1) is 5.92 Å². The van der Waals surface area contributed by atoms with Crippen molar-refractivity contribution < 1.29 is 19.1 Å². The summed E-state index contributed by atoms with van der Waals surface area (Å²) in [7, 11) is 0. The Kier molecular flexibility index (Phi) is 4.45. The van der Waals surface area contributed by atoms with E-state index in [0.717, 1.165) is 30.5 Å². The fraction of sp³-hybridized carbons (Fsp3) is 0.450. The lowest BCUT2D eigenvalue weighted by Crippen LogP contribution is -2.45. The van der Waals surface area contributed by atoms with Crippen LogP contribution in [0.2, 0.25) is 0 Å². The van der Waals surface area contributed by atoms with Crippen LogP contribution in [0.1, 0.15) is 41.5 Å². The zero-order valence-electron chi connectivity index (χ0n) is 15.2. The molecule has 1 aromatic heterocycles. The molecule has 6 nitrogen and oxygen atoms in total. The molecule has 1 amide bonds. The number of hydrogen-bond donors (Lipinski definition) is 1. The second-order valence-electron chi connectivity index (χ2n) is 7.58. The molecule has 4 rings (SSSR count). The van der Waals surface area contributed by atoms with Gasteiger partial charge in [0.1, 0.15) is 11.5 Å². The maximum Gasteiger partial charge on any atom is 0.308 e. The van der Waals surface area contributed by atoms with Gasteiger partial charge in [0.25, 0.3) is 5.91 Å². The normalized spacial score (nSPS) is 21.9. The molecule has 0 spiro atoms. The van der Waals surface area contributed by atoms with Crippen molar-refractivity contribution in [3.05, 3.63) is 47.0 Å². The highest BCUT2D eigenvalue weighted by molar-refractivity contribution is 5.94. The molecule has 2 heterocycles. The second-order valence-corrected chi connectivity index (χ2v) is 7.58. The van der Waals surface area contributed by atoms with Crippen LogP contribution in [-0.4, -0.2) is 44.8 Å². The summed E-state index contributed by atoms with van der Waals surface area (Å²) < 4.78 is 15.8. The third-order valence-corrected chi connectivity index (χ3v) is 5.51. The van der Waals surface area contributed by atoms with E-state index < -0.39 is 11.9 Å². The molecule has 1 aliphatic carbocycles. The minimum atomic E-state index is -0.874. The Bertz CT molecular complexity index is 908. The van der Waals surface area contributed by atoms with Crippen molar-refractivity contribution in [2.24, 2.45) is 11.8 Å². The Morgan fingerprint density at radius 2 is 2.00 bits per heavy atom. The fourth-order valence-electron chi connectivity index (χ4n) is 4.28. The van der Waals surface area contributed by atoms with E-state index in [-0.39, 0.29) is 24.2 Å². The molecule has 1 N–H and O–H groups in total. The van der Waals surface area contributed by atoms with Crippen LogP contribution in [0, 0.1) is 17.7 Å². The zero-order valence-corrected chi connectivity index (χ0v) is 15.2. The van der Waals surface area contributed by atoms with Crippen molar-refractivity contribution in [3.8, 4) is 5.69 Å². The molecule has 2 aliphatic rings. The molecule has 27 heavy (non-hydrogen) atoms. The summed E-state index contributed by atoms with van der Waals surface area (Å²) in [5, 5.41) is 13.8. The average molecular weight is 371 g/mol. The van der Waals surface area contributed by atoms with Crippen molar-refractivity contribution in [2.75, 3.05) is 13.1 Å². The molecule has 7 heteroatoms. The summed E-state index contributed by atoms with van der Waals surface area (Å²) in [6, 6.07) is 6.39. The van der Waals surface area contributed by atoms with E-state index >= 15 is 0 Å². The van der Waals surface area contributed by atoms with E-state index in [2.05, 4.69) is 5.10 Å². The number of amides is 1. The summed E-state index contributed by atoms with van der Waals surface area (Å²) in [5.41, 5.74) is 2.42. The molecule has 142 valence electrons. The maximum atomic E-state index is 14.3. The highest BCUT2D eigenvalue weighted by Crippen LogP contribution is 2.31. The predicted molar refractivity (Wildman–Crippen MR) is 96.4 cm³/mol. The zero-order chi connectivity index (χ0) is 19.1. The van der Waals surface area contributed by atoms with E-state index in [0.29, 0.717) is 24.3 Å². The first-order valence-electron chi connectivity index (χ1n) is 9.33. The Morgan fingerprint density at radius 3 is 2.74 bits per heavy atom. The first-order valence-corrected chi connectivity index (χ1v) is 9.33. The molecule has 0 radical (unpaired) electrons. The van der Waals surface area contributed by atoms with E-state index in [4.69, 9.17) is 0 Å². The van der Waals surface area contributed by atoms with Crippen LogP contribution in [0.25, 0.3) is 5.69 Å². The van der Waals surface area contributed by atoms with Crippen molar-refractivity contribution in [1.82, 2.24) is 14.7 Å². The van der Waals surface area contributed by atoms with E-state index in [1.807, 2.05) is 6.92 Å². The summed E-state index contributed by atoms with van der Waals surface area (Å²) in [5.74, 6) is -1.95. The monoisotopic (exact) mass is 371 g/mol. The minimum Gasteiger partial charge on any atom is -0.481 e. The van der Waals surface area contributed by atoms with E-state index in [1.165, 1.54) is 6.07 Å². The molecule has 1 saturated heterocycles. The van der Waals surface area contributed by atoms with Gasteiger partial charge in [-0.05, 0) is 43.7 Å². The topological polar surface area (TPSA) is 75.4 Å². The van der Waals surface area contributed by atoms with Crippen molar-refractivity contribution >= 4 is 11.9 Å². The number of carbonyl (C=O) groups is 2. The van der Waals surface area contributed by atoms with Gasteiger partial charge in [-0.25, -0.2) is 9.07 Å². The third kappa shape index (κ3) is 3.11. The number of benzene rings is 1. The maximum absolute atomic E-state index is 14.3. The van der Waals surface area contributed by atoms with Gasteiger partial charge in [0.2, 0.25) is 0 Å². The molecule has 2 aromatic rings. The number of fused-ring (bicyclic) bond motifs is 1. The highest BCUT2D eigenvalue weighted by atomic mass is 19.1. The van der Waals surface area contributed by atoms with Crippen LogP contribution in [0.3, 0.4) is 0 Å². The molecule has 0 bridgehead atoms. The van der Waals surface area contributed by atoms with Gasteiger partial charge in [0, 0.05) is 24.3 Å². The Hall–Kier alpha value is -2.70. The van der Waals surface area contributed by atoms with Crippen LogP contribution in [-0.2, 0) is 17.6 Å². The molecule has 1 aliphatic heterocycles. The molecule has 0 saturated carbocycles. The fourth-order valence-corrected chi connectivity index (χ4v) is 4.28. The van der Waals surface area contributed by atoms with Gasteiger partial charge in [-0.1, -0.05) is 19.1 Å². The van der Waals surface area contributed by atoms with Crippen molar-refractivity contribution in [2.45, 2.75) is 32.6 Å². The number of carboxylic acids is 1. The quantitative estimate of drug-likeness (QED) is 0.900. The van der Waals surface area contributed by atoms with Crippen molar-refractivity contribution in [3.63, 3.8) is 0 Å². The number of aromatic nitrogens is 2. The van der Waals surface area contributed by atoms with Crippen LogP contribution in [0.4, 0.5) is 4.39 Å². The van der Waals surface area contributed by atoms with Gasteiger partial charge in [-0.3, -0.25) is 9.59 Å². The van der Waals surface area contributed by atoms with Crippen LogP contribution in [0.5, 0.6) is 0 Å².